The molecule has 0 aromatic carbocycles. The largest absolute Gasteiger partial charge is 0.374 e. The van der Waals surface area contributed by atoms with Crippen molar-refractivity contribution in [1.29, 1.82) is 0 Å². The lowest BCUT2D eigenvalue weighted by Gasteiger charge is -2.12. The molecule has 0 radical (unpaired) electrons. The van der Waals surface area contributed by atoms with Gasteiger partial charge in [0.2, 0.25) is 0 Å². The van der Waals surface area contributed by atoms with Crippen molar-refractivity contribution in [1.82, 2.24) is 5.06 Å². The molecule has 0 aliphatic heterocycles. The van der Waals surface area contributed by atoms with Crippen molar-refractivity contribution < 1.29 is 5.21 Å². The van der Waals surface area contributed by atoms with E-state index in [0.29, 0.717) is 6.54 Å². The number of hydrogen-bond donors (Lipinski definition) is 2. The van der Waals surface area contributed by atoms with Gasteiger partial charge in [-0.2, -0.15) is 0 Å². The second-order valence-corrected chi connectivity index (χ2v) is 6.65. The predicted octanol–water partition coefficient (Wildman–Crippen LogP) is 3.47. The average molecular weight is 290 g/mol. The molecule has 6 heteroatoms. The summed E-state index contributed by atoms with van der Waals surface area (Å²) in [5.74, 6) is 1.16. The summed E-state index contributed by atoms with van der Waals surface area (Å²) in [6.45, 7) is 2.58. The molecule has 1 aromatic rings. The van der Waals surface area contributed by atoms with Crippen molar-refractivity contribution in [2.45, 2.75) is 36.9 Å². The van der Waals surface area contributed by atoms with Crippen LogP contribution in [0.3, 0.4) is 0 Å². The fraction of sp³-hybridized carbons (Fsp3) is 0.545. The number of thiocarbonyl (C=S) groups is 1. The van der Waals surface area contributed by atoms with Crippen LogP contribution in [0.15, 0.2) is 16.3 Å². The highest BCUT2D eigenvalue weighted by atomic mass is 32.2. The monoisotopic (exact) mass is 290 g/mol. The van der Waals surface area contributed by atoms with E-state index in [-0.39, 0.29) is 5.11 Å². The lowest BCUT2D eigenvalue weighted by Crippen LogP contribution is -2.31. The molecule has 0 atom stereocenters. The maximum atomic E-state index is 9.40. The van der Waals surface area contributed by atoms with Gasteiger partial charge in [0, 0.05) is 4.88 Å². The summed E-state index contributed by atoms with van der Waals surface area (Å²) in [7, 11) is 0. The molecule has 0 spiro atoms. The van der Waals surface area contributed by atoms with Crippen LogP contribution in [-0.2, 0) is 6.54 Å². The first-order valence-corrected chi connectivity index (χ1v) is 7.82. The van der Waals surface area contributed by atoms with Crippen molar-refractivity contribution in [2.24, 2.45) is 5.73 Å². The van der Waals surface area contributed by atoms with E-state index < -0.39 is 0 Å². The number of thioether (sulfide) groups is 1. The van der Waals surface area contributed by atoms with Gasteiger partial charge in [0.15, 0.2) is 5.11 Å². The number of thiophene rings is 1. The average Bonchev–Trinajstić information content (AvgIpc) is 2.72. The first kappa shape index (κ1) is 14.8. The molecule has 0 fully saturated rings. The number of unbranched alkanes of at least 4 members (excludes halogenated alkanes) is 2. The molecule has 0 saturated heterocycles. The lowest BCUT2D eigenvalue weighted by atomic mass is 10.3. The number of nitrogens with two attached hydrogens (primary N) is 1. The van der Waals surface area contributed by atoms with Crippen LogP contribution in [0.4, 0.5) is 0 Å². The molecule has 1 heterocycles. The van der Waals surface area contributed by atoms with E-state index in [9.17, 15) is 5.21 Å². The summed E-state index contributed by atoms with van der Waals surface area (Å²) < 4.78 is 1.28. The van der Waals surface area contributed by atoms with Gasteiger partial charge in [-0.3, -0.25) is 5.21 Å². The minimum atomic E-state index is 0.00977. The van der Waals surface area contributed by atoms with E-state index in [1.54, 1.807) is 11.3 Å². The Morgan fingerprint density at radius 3 is 2.94 bits per heavy atom. The topological polar surface area (TPSA) is 49.5 Å². The molecule has 3 N–H and O–H groups in total. The van der Waals surface area contributed by atoms with Crippen molar-refractivity contribution in [3.63, 3.8) is 0 Å². The molecule has 0 saturated carbocycles. The first-order chi connectivity index (χ1) is 8.13. The summed E-state index contributed by atoms with van der Waals surface area (Å²) in [4.78, 5) is 1.07. The fourth-order valence-electron chi connectivity index (χ4n) is 1.27. The fourth-order valence-corrected chi connectivity index (χ4v) is 3.57. The molecular weight excluding hydrogens is 272 g/mol. The summed E-state index contributed by atoms with van der Waals surface area (Å²) in [6.07, 6.45) is 3.80. The van der Waals surface area contributed by atoms with Gasteiger partial charge in [0.05, 0.1) is 10.8 Å². The third kappa shape index (κ3) is 5.72. The van der Waals surface area contributed by atoms with Crippen LogP contribution in [0.2, 0.25) is 0 Å². The molecule has 0 bridgehead atoms. The summed E-state index contributed by atoms with van der Waals surface area (Å²) in [5, 5.41) is 10.3. The summed E-state index contributed by atoms with van der Waals surface area (Å²) in [5.41, 5.74) is 5.31. The molecule has 0 amide bonds. The van der Waals surface area contributed by atoms with Gasteiger partial charge in [-0.25, -0.2) is 5.06 Å². The van der Waals surface area contributed by atoms with Gasteiger partial charge in [-0.05, 0) is 36.5 Å². The summed E-state index contributed by atoms with van der Waals surface area (Å²) >= 11 is 8.23. The van der Waals surface area contributed by atoms with Gasteiger partial charge in [0.25, 0.3) is 0 Å². The van der Waals surface area contributed by atoms with Gasteiger partial charge in [-0.15, -0.1) is 23.1 Å². The molecule has 1 rings (SSSR count). The Labute approximate surface area is 116 Å². The van der Waals surface area contributed by atoms with Gasteiger partial charge in [-0.1, -0.05) is 19.8 Å². The minimum absolute atomic E-state index is 0.00977. The quantitative estimate of drug-likeness (QED) is 0.348. The van der Waals surface area contributed by atoms with Crippen LogP contribution in [0.5, 0.6) is 0 Å². The zero-order valence-corrected chi connectivity index (χ0v) is 12.3. The zero-order valence-electron chi connectivity index (χ0n) is 9.89. The Kier molecular flexibility index (Phi) is 6.87. The van der Waals surface area contributed by atoms with E-state index >= 15 is 0 Å². The minimum Gasteiger partial charge on any atom is -0.374 e. The maximum absolute atomic E-state index is 9.40. The van der Waals surface area contributed by atoms with Crippen LogP contribution >= 0.6 is 35.3 Å². The molecule has 0 aliphatic rings. The number of nitrogens with zero attached hydrogens (tertiary/aromatic N) is 1. The molecule has 3 nitrogen and oxygen atoms in total. The number of hydroxylamine groups is 2. The SMILES string of the molecule is CCCCCSc1ccc(CN(O)C(N)=S)s1. The smallest absolute Gasteiger partial charge is 0.190 e. The Morgan fingerprint density at radius 1 is 1.53 bits per heavy atom. The molecule has 1 aromatic heterocycles. The van der Waals surface area contributed by atoms with Gasteiger partial charge in [0.1, 0.15) is 0 Å². The standard InChI is InChI=1S/C11H18N2OS3/c1-2-3-4-7-16-10-6-5-9(17-10)8-13(14)11(12)15/h5-6,14H,2-4,7-8H2,1H3,(H2,12,15). The Hall–Kier alpha value is -0.300. The van der Waals surface area contributed by atoms with Crippen molar-refractivity contribution >= 4 is 40.4 Å². The van der Waals surface area contributed by atoms with E-state index in [2.05, 4.69) is 25.2 Å². The molecule has 0 unspecified atom stereocenters. The molecule has 96 valence electrons. The third-order valence-corrected chi connectivity index (χ3v) is 4.78. The van der Waals surface area contributed by atoms with Crippen molar-refractivity contribution in [2.75, 3.05) is 5.75 Å². The zero-order chi connectivity index (χ0) is 12.7. The second-order valence-electron chi connectivity index (χ2n) is 3.67. The Morgan fingerprint density at radius 2 is 2.29 bits per heavy atom. The Bertz CT molecular complexity index is 354. The van der Waals surface area contributed by atoms with E-state index in [0.717, 1.165) is 15.7 Å². The van der Waals surface area contributed by atoms with Crippen LogP contribution in [0, 0.1) is 0 Å². The van der Waals surface area contributed by atoms with Crippen LogP contribution < -0.4 is 5.73 Å². The van der Waals surface area contributed by atoms with Crippen molar-refractivity contribution in [3.8, 4) is 0 Å². The first-order valence-electron chi connectivity index (χ1n) is 5.61. The third-order valence-electron chi connectivity index (χ3n) is 2.19. The normalized spacial score (nSPS) is 10.5. The van der Waals surface area contributed by atoms with Gasteiger partial charge < -0.3 is 5.73 Å². The Balaban J connectivity index is 2.34. The lowest BCUT2D eigenvalue weighted by molar-refractivity contribution is -0.0202. The van der Waals surface area contributed by atoms with E-state index in [1.807, 2.05) is 17.8 Å². The van der Waals surface area contributed by atoms with E-state index in [1.165, 1.54) is 23.5 Å². The van der Waals surface area contributed by atoms with E-state index in [4.69, 9.17) is 5.73 Å². The van der Waals surface area contributed by atoms with Crippen molar-refractivity contribution in [3.05, 3.63) is 17.0 Å². The van der Waals surface area contributed by atoms with Gasteiger partial charge >= 0.3 is 0 Å². The number of hydrogen-bond acceptors (Lipinski definition) is 4. The highest BCUT2D eigenvalue weighted by Gasteiger charge is 2.06. The molecular formula is C11H18N2OS3. The number of rotatable bonds is 7. The second kappa shape index (κ2) is 7.92. The van der Waals surface area contributed by atoms with Crippen LogP contribution in [-0.4, -0.2) is 21.1 Å². The van der Waals surface area contributed by atoms with Crippen LogP contribution in [0.1, 0.15) is 31.1 Å². The highest BCUT2D eigenvalue weighted by molar-refractivity contribution is 8.01. The summed E-state index contributed by atoms with van der Waals surface area (Å²) in [6, 6.07) is 4.10. The highest BCUT2D eigenvalue weighted by Crippen LogP contribution is 2.28. The predicted molar refractivity (Wildman–Crippen MR) is 78.7 cm³/mol. The maximum Gasteiger partial charge on any atom is 0.190 e. The molecule has 0 aliphatic carbocycles. The van der Waals surface area contributed by atoms with Crippen LogP contribution in [0.25, 0.3) is 0 Å². The molecule has 17 heavy (non-hydrogen) atoms.